The molecule has 1 heterocycles. The molecule has 5 nitrogen and oxygen atoms in total. The maximum atomic E-state index is 12.2. The van der Waals surface area contributed by atoms with Crippen LogP contribution in [0.1, 0.15) is 25.8 Å². The predicted molar refractivity (Wildman–Crippen MR) is 81.0 cm³/mol. The summed E-state index contributed by atoms with van der Waals surface area (Å²) in [6.45, 7) is 7.22. The number of nitrogens with zero attached hydrogens (tertiary/aromatic N) is 1. The molecule has 0 aromatic heterocycles. The minimum absolute atomic E-state index is 0.0310. The molecule has 1 aromatic rings. The summed E-state index contributed by atoms with van der Waals surface area (Å²) in [5.41, 5.74) is 1.15. The first-order chi connectivity index (χ1) is 9.86. The van der Waals surface area contributed by atoms with Gasteiger partial charge in [-0.3, -0.25) is 9.59 Å². The van der Waals surface area contributed by atoms with Gasteiger partial charge in [-0.05, 0) is 42.9 Å². The molecule has 2 rings (SSSR count). The highest BCUT2D eigenvalue weighted by Gasteiger charge is 2.29. The van der Waals surface area contributed by atoms with Crippen LogP contribution < -0.4 is 5.32 Å². The highest BCUT2D eigenvalue weighted by molar-refractivity contribution is 6.39. The molecule has 1 aliphatic rings. The summed E-state index contributed by atoms with van der Waals surface area (Å²) in [6.07, 6.45) is 1.07. The lowest BCUT2D eigenvalue weighted by Crippen LogP contribution is -2.47. The molecule has 0 saturated carbocycles. The molecule has 1 aliphatic heterocycles. The number of rotatable bonds is 1. The molecule has 2 amide bonds. The highest BCUT2D eigenvalue weighted by atomic mass is 16.3. The predicted octanol–water partition coefficient (Wildman–Crippen LogP) is 2.14. The average molecular weight is 290 g/mol. The van der Waals surface area contributed by atoms with Crippen LogP contribution in [0.5, 0.6) is 5.75 Å². The number of likely N-dealkylation sites (tertiary alicyclic amines) is 1. The van der Waals surface area contributed by atoms with Crippen LogP contribution in [0.25, 0.3) is 0 Å². The number of piperidine rings is 1. The zero-order valence-electron chi connectivity index (χ0n) is 12.7. The number of amides is 2. The summed E-state index contributed by atoms with van der Waals surface area (Å²) in [5, 5.41) is 12.3. The van der Waals surface area contributed by atoms with Crippen LogP contribution in [0.4, 0.5) is 5.69 Å². The van der Waals surface area contributed by atoms with Gasteiger partial charge in [0.15, 0.2) is 0 Å². The van der Waals surface area contributed by atoms with Gasteiger partial charge in [0.1, 0.15) is 5.75 Å². The van der Waals surface area contributed by atoms with Crippen molar-refractivity contribution >= 4 is 17.5 Å². The van der Waals surface area contributed by atoms with Crippen LogP contribution in [-0.4, -0.2) is 34.9 Å². The number of phenolic OH excluding ortho intramolecular Hbond substituents is 1. The monoisotopic (exact) mass is 290 g/mol. The molecule has 2 N–H and O–H groups in total. The van der Waals surface area contributed by atoms with Crippen molar-refractivity contribution in [1.29, 1.82) is 0 Å². The molecule has 0 aliphatic carbocycles. The number of anilines is 1. The number of carbonyl (C=O) groups excluding carboxylic acids is 2. The van der Waals surface area contributed by atoms with E-state index in [0.717, 1.165) is 12.0 Å². The van der Waals surface area contributed by atoms with Crippen molar-refractivity contribution in [3.63, 3.8) is 0 Å². The summed E-state index contributed by atoms with van der Waals surface area (Å²) in [7, 11) is 0. The second-order valence-electron chi connectivity index (χ2n) is 6.13. The topological polar surface area (TPSA) is 69.6 Å². The molecular weight excluding hydrogens is 268 g/mol. The number of nitrogens with one attached hydrogen (secondary N) is 1. The SMILES string of the molecule is Cc1ccc(NC(=O)C(=O)N2CC(C)CC(C)C2)c(O)c1. The van der Waals surface area contributed by atoms with Crippen LogP contribution in [0.2, 0.25) is 0 Å². The average Bonchev–Trinajstić information content (AvgIpc) is 2.40. The van der Waals surface area contributed by atoms with Gasteiger partial charge in [0.25, 0.3) is 0 Å². The normalized spacial score (nSPS) is 22.0. The summed E-state index contributed by atoms with van der Waals surface area (Å²) in [5.74, 6) is -0.461. The lowest BCUT2D eigenvalue weighted by molar-refractivity contribution is -0.144. The fourth-order valence-electron chi connectivity index (χ4n) is 2.90. The zero-order chi connectivity index (χ0) is 15.6. The Bertz CT molecular complexity index is 546. The Morgan fingerprint density at radius 3 is 2.43 bits per heavy atom. The standard InChI is InChI=1S/C16H22N2O3/c1-10-4-5-13(14(19)7-10)17-15(20)16(21)18-8-11(2)6-12(3)9-18/h4-5,7,11-12,19H,6,8-9H2,1-3H3,(H,17,20). The fraction of sp³-hybridized carbons (Fsp3) is 0.500. The van der Waals surface area contributed by atoms with E-state index in [0.29, 0.717) is 24.9 Å². The second-order valence-corrected chi connectivity index (χ2v) is 6.13. The van der Waals surface area contributed by atoms with Crippen molar-refractivity contribution in [2.75, 3.05) is 18.4 Å². The number of hydrogen-bond donors (Lipinski definition) is 2. The van der Waals surface area contributed by atoms with E-state index in [2.05, 4.69) is 19.2 Å². The van der Waals surface area contributed by atoms with E-state index in [1.807, 2.05) is 6.92 Å². The van der Waals surface area contributed by atoms with Gasteiger partial charge < -0.3 is 15.3 Å². The van der Waals surface area contributed by atoms with Crippen molar-refractivity contribution < 1.29 is 14.7 Å². The fourth-order valence-corrected chi connectivity index (χ4v) is 2.90. The van der Waals surface area contributed by atoms with Crippen molar-refractivity contribution in [3.8, 4) is 5.75 Å². The van der Waals surface area contributed by atoms with Gasteiger partial charge in [-0.25, -0.2) is 0 Å². The molecule has 2 atom stereocenters. The van der Waals surface area contributed by atoms with Gasteiger partial charge in [0.2, 0.25) is 0 Å². The third-order valence-corrected chi connectivity index (χ3v) is 3.75. The van der Waals surface area contributed by atoms with E-state index >= 15 is 0 Å². The molecular formula is C16H22N2O3. The van der Waals surface area contributed by atoms with E-state index in [-0.39, 0.29) is 11.4 Å². The van der Waals surface area contributed by atoms with Crippen molar-refractivity contribution in [2.24, 2.45) is 11.8 Å². The Morgan fingerprint density at radius 2 is 1.86 bits per heavy atom. The first-order valence-electron chi connectivity index (χ1n) is 7.26. The highest BCUT2D eigenvalue weighted by Crippen LogP contribution is 2.25. The van der Waals surface area contributed by atoms with Crippen LogP contribution in [0, 0.1) is 18.8 Å². The van der Waals surface area contributed by atoms with E-state index in [1.54, 1.807) is 23.1 Å². The van der Waals surface area contributed by atoms with E-state index in [9.17, 15) is 14.7 Å². The van der Waals surface area contributed by atoms with Gasteiger partial charge in [0, 0.05) is 13.1 Å². The summed E-state index contributed by atoms with van der Waals surface area (Å²) in [6, 6.07) is 4.91. The third kappa shape index (κ3) is 3.74. The molecule has 1 fully saturated rings. The second kappa shape index (κ2) is 6.16. The minimum Gasteiger partial charge on any atom is -0.506 e. The summed E-state index contributed by atoms with van der Waals surface area (Å²) >= 11 is 0. The first kappa shape index (κ1) is 15.4. The molecule has 1 aromatic carbocycles. The van der Waals surface area contributed by atoms with Crippen molar-refractivity contribution in [1.82, 2.24) is 4.90 Å². The van der Waals surface area contributed by atoms with Crippen LogP contribution in [0.3, 0.4) is 0 Å². The number of aromatic hydroxyl groups is 1. The van der Waals surface area contributed by atoms with Crippen molar-refractivity contribution in [3.05, 3.63) is 23.8 Å². The maximum absolute atomic E-state index is 12.2. The van der Waals surface area contributed by atoms with Gasteiger partial charge in [-0.2, -0.15) is 0 Å². The molecule has 5 heteroatoms. The molecule has 0 bridgehead atoms. The number of hydrogen-bond acceptors (Lipinski definition) is 3. The zero-order valence-corrected chi connectivity index (χ0v) is 12.7. The van der Waals surface area contributed by atoms with Crippen LogP contribution >= 0.6 is 0 Å². The Morgan fingerprint density at radius 1 is 1.24 bits per heavy atom. The lowest BCUT2D eigenvalue weighted by atomic mass is 9.92. The van der Waals surface area contributed by atoms with E-state index < -0.39 is 11.8 Å². The molecule has 2 unspecified atom stereocenters. The minimum atomic E-state index is -0.699. The Labute approximate surface area is 125 Å². The number of carbonyl (C=O) groups is 2. The summed E-state index contributed by atoms with van der Waals surface area (Å²) in [4.78, 5) is 25.8. The van der Waals surface area contributed by atoms with E-state index in [4.69, 9.17) is 0 Å². The first-order valence-corrected chi connectivity index (χ1v) is 7.26. The molecule has 0 spiro atoms. The van der Waals surface area contributed by atoms with Gasteiger partial charge >= 0.3 is 11.8 Å². The molecule has 1 saturated heterocycles. The van der Waals surface area contributed by atoms with Gasteiger partial charge in [-0.15, -0.1) is 0 Å². The Kier molecular flexibility index (Phi) is 4.50. The molecule has 0 radical (unpaired) electrons. The smallest absolute Gasteiger partial charge is 0.314 e. The largest absolute Gasteiger partial charge is 0.506 e. The van der Waals surface area contributed by atoms with Crippen LogP contribution in [0.15, 0.2) is 18.2 Å². The molecule has 21 heavy (non-hydrogen) atoms. The van der Waals surface area contributed by atoms with E-state index in [1.165, 1.54) is 0 Å². The number of aryl methyl sites for hydroxylation is 1. The van der Waals surface area contributed by atoms with Gasteiger partial charge in [0.05, 0.1) is 5.69 Å². The number of phenols is 1. The molecule has 114 valence electrons. The van der Waals surface area contributed by atoms with Gasteiger partial charge in [-0.1, -0.05) is 19.9 Å². The van der Waals surface area contributed by atoms with Crippen molar-refractivity contribution in [2.45, 2.75) is 27.2 Å². The Balaban J connectivity index is 2.04. The number of benzene rings is 1. The third-order valence-electron chi connectivity index (χ3n) is 3.75. The van der Waals surface area contributed by atoms with Crippen LogP contribution in [-0.2, 0) is 9.59 Å². The maximum Gasteiger partial charge on any atom is 0.314 e. The lowest BCUT2D eigenvalue weighted by Gasteiger charge is -2.34. The Hall–Kier alpha value is -2.04. The summed E-state index contributed by atoms with van der Waals surface area (Å²) < 4.78 is 0. The quantitative estimate of drug-likeness (QED) is 0.615.